The molecule has 0 saturated heterocycles. The van der Waals surface area contributed by atoms with E-state index in [4.69, 9.17) is 5.73 Å². The van der Waals surface area contributed by atoms with Gasteiger partial charge >= 0.3 is 0 Å². The zero-order chi connectivity index (χ0) is 15.4. The summed E-state index contributed by atoms with van der Waals surface area (Å²) in [4.78, 5) is 16.8. The number of nitrogens with zero attached hydrogens (tertiary/aromatic N) is 1. The third-order valence-electron chi connectivity index (χ3n) is 3.57. The van der Waals surface area contributed by atoms with Crippen molar-refractivity contribution >= 4 is 16.8 Å². The molecule has 2 aromatic carbocycles. The summed E-state index contributed by atoms with van der Waals surface area (Å²) in [5.41, 5.74) is 7.97. The largest absolute Gasteiger partial charge is 0.343 e. The predicted octanol–water partition coefficient (Wildman–Crippen LogP) is 2.66. The van der Waals surface area contributed by atoms with Gasteiger partial charge in [-0.1, -0.05) is 54.6 Å². The van der Waals surface area contributed by atoms with Gasteiger partial charge in [0, 0.05) is 11.9 Å². The molecule has 1 unspecified atom stereocenters. The third-order valence-corrected chi connectivity index (χ3v) is 3.57. The second kappa shape index (κ2) is 6.37. The van der Waals surface area contributed by atoms with E-state index in [9.17, 15) is 4.79 Å². The van der Waals surface area contributed by atoms with E-state index in [0.717, 1.165) is 16.5 Å². The number of nitrogens with one attached hydrogen (secondary N) is 1. The van der Waals surface area contributed by atoms with Gasteiger partial charge in [-0.05, 0) is 17.7 Å². The zero-order valence-electron chi connectivity index (χ0n) is 12.1. The highest BCUT2D eigenvalue weighted by atomic mass is 16.1. The van der Waals surface area contributed by atoms with E-state index in [2.05, 4.69) is 10.3 Å². The van der Waals surface area contributed by atoms with E-state index < -0.39 is 0 Å². The first-order chi connectivity index (χ1) is 10.8. The normalized spacial score (nSPS) is 12.0. The van der Waals surface area contributed by atoms with Crippen LogP contribution in [0.15, 0.2) is 66.7 Å². The molecule has 1 atom stereocenters. The highest BCUT2D eigenvalue weighted by Crippen LogP contribution is 2.14. The summed E-state index contributed by atoms with van der Waals surface area (Å²) in [7, 11) is 0. The number of pyridine rings is 1. The number of fused-ring (bicyclic) bond motifs is 1. The molecule has 0 aliphatic heterocycles. The number of carbonyl (C=O) groups is 1. The van der Waals surface area contributed by atoms with Gasteiger partial charge in [0.2, 0.25) is 0 Å². The summed E-state index contributed by atoms with van der Waals surface area (Å²) in [6.45, 7) is 0.337. The Labute approximate surface area is 129 Å². The number of benzene rings is 2. The van der Waals surface area contributed by atoms with Crippen molar-refractivity contribution in [2.75, 3.05) is 6.54 Å². The first-order valence-corrected chi connectivity index (χ1v) is 7.19. The van der Waals surface area contributed by atoms with Crippen LogP contribution in [0.4, 0.5) is 0 Å². The number of rotatable bonds is 4. The quantitative estimate of drug-likeness (QED) is 0.776. The summed E-state index contributed by atoms with van der Waals surface area (Å²) in [5.74, 6) is -0.218. The number of hydrogen-bond donors (Lipinski definition) is 2. The lowest BCUT2D eigenvalue weighted by atomic mass is 10.1. The molecule has 0 bridgehead atoms. The smallest absolute Gasteiger partial charge is 0.270 e. The van der Waals surface area contributed by atoms with E-state index in [1.165, 1.54) is 0 Å². The predicted molar refractivity (Wildman–Crippen MR) is 87.4 cm³/mol. The maximum atomic E-state index is 12.4. The molecule has 0 spiro atoms. The summed E-state index contributed by atoms with van der Waals surface area (Å²) < 4.78 is 0. The van der Waals surface area contributed by atoms with Crippen molar-refractivity contribution < 1.29 is 4.79 Å². The minimum absolute atomic E-state index is 0.218. The third kappa shape index (κ3) is 2.97. The maximum absolute atomic E-state index is 12.4. The molecule has 0 saturated carbocycles. The topological polar surface area (TPSA) is 68.0 Å². The van der Waals surface area contributed by atoms with Gasteiger partial charge in [-0.25, -0.2) is 4.98 Å². The molecule has 0 radical (unpaired) electrons. The molecule has 1 heterocycles. The Morgan fingerprint density at radius 1 is 1.00 bits per heavy atom. The van der Waals surface area contributed by atoms with Gasteiger partial charge in [0.1, 0.15) is 5.69 Å². The van der Waals surface area contributed by atoms with Crippen molar-refractivity contribution in [1.82, 2.24) is 10.3 Å². The molecule has 22 heavy (non-hydrogen) atoms. The van der Waals surface area contributed by atoms with Crippen molar-refractivity contribution in [2.24, 2.45) is 5.73 Å². The fourth-order valence-corrected chi connectivity index (χ4v) is 2.39. The van der Waals surface area contributed by atoms with Gasteiger partial charge in [0.05, 0.1) is 11.6 Å². The minimum Gasteiger partial charge on any atom is -0.343 e. The summed E-state index contributed by atoms with van der Waals surface area (Å²) >= 11 is 0. The van der Waals surface area contributed by atoms with Crippen LogP contribution >= 0.6 is 0 Å². The summed E-state index contributed by atoms with van der Waals surface area (Å²) in [5, 5.41) is 3.95. The van der Waals surface area contributed by atoms with Crippen LogP contribution < -0.4 is 11.1 Å². The highest BCUT2D eigenvalue weighted by Gasteiger charge is 2.15. The Morgan fingerprint density at radius 2 is 1.73 bits per heavy atom. The van der Waals surface area contributed by atoms with Gasteiger partial charge in [-0.15, -0.1) is 0 Å². The number of hydrogen-bond acceptors (Lipinski definition) is 3. The van der Waals surface area contributed by atoms with Crippen molar-refractivity contribution in [2.45, 2.75) is 6.04 Å². The number of para-hydroxylation sites is 1. The monoisotopic (exact) mass is 291 g/mol. The average Bonchev–Trinajstić information content (AvgIpc) is 2.59. The Kier molecular flexibility index (Phi) is 4.12. The van der Waals surface area contributed by atoms with Crippen molar-refractivity contribution in [3.63, 3.8) is 0 Å². The number of aromatic nitrogens is 1. The van der Waals surface area contributed by atoms with E-state index >= 15 is 0 Å². The highest BCUT2D eigenvalue weighted by molar-refractivity contribution is 5.95. The first-order valence-electron chi connectivity index (χ1n) is 7.19. The van der Waals surface area contributed by atoms with E-state index in [0.29, 0.717) is 12.2 Å². The lowest BCUT2D eigenvalue weighted by molar-refractivity contribution is 0.0933. The standard InChI is InChI=1S/C18H17N3O/c19-12-17(13-6-2-1-3-7-13)21-18(22)16-11-10-14-8-4-5-9-15(14)20-16/h1-11,17H,12,19H2,(H,21,22). The molecular formula is C18H17N3O. The molecule has 3 rings (SSSR count). The zero-order valence-corrected chi connectivity index (χ0v) is 12.1. The molecule has 0 aliphatic rings. The Morgan fingerprint density at radius 3 is 2.50 bits per heavy atom. The Balaban J connectivity index is 1.83. The number of carbonyl (C=O) groups excluding carboxylic acids is 1. The van der Waals surface area contributed by atoms with E-state index in [1.54, 1.807) is 6.07 Å². The van der Waals surface area contributed by atoms with Gasteiger partial charge < -0.3 is 11.1 Å². The molecule has 0 fully saturated rings. The maximum Gasteiger partial charge on any atom is 0.270 e. The summed E-state index contributed by atoms with van der Waals surface area (Å²) in [6.07, 6.45) is 0. The molecule has 110 valence electrons. The van der Waals surface area contributed by atoms with Crippen LogP contribution in [0.2, 0.25) is 0 Å². The minimum atomic E-state index is -0.220. The van der Waals surface area contributed by atoms with Crippen LogP contribution in [-0.4, -0.2) is 17.4 Å². The molecule has 1 aromatic heterocycles. The lowest BCUT2D eigenvalue weighted by Crippen LogP contribution is -2.33. The fraction of sp³-hybridized carbons (Fsp3) is 0.111. The molecule has 3 N–H and O–H groups in total. The number of nitrogens with two attached hydrogens (primary N) is 1. The van der Waals surface area contributed by atoms with Crippen LogP contribution in [0.5, 0.6) is 0 Å². The van der Waals surface area contributed by atoms with Crippen LogP contribution in [0.3, 0.4) is 0 Å². The van der Waals surface area contributed by atoms with Crippen molar-refractivity contribution in [3.8, 4) is 0 Å². The molecular weight excluding hydrogens is 274 g/mol. The van der Waals surface area contributed by atoms with Gasteiger partial charge in [-0.2, -0.15) is 0 Å². The van der Waals surface area contributed by atoms with Crippen LogP contribution in [0, 0.1) is 0 Å². The van der Waals surface area contributed by atoms with E-state index in [1.807, 2.05) is 60.7 Å². The molecule has 0 aliphatic carbocycles. The van der Waals surface area contributed by atoms with Gasteiger partial charge in [-0.3, -0.25) is 4.79 Å². The molecule has 1 amide bonds. The Bertz CT molecular complexity index is 786. The van der Waals surface area contributed by atoms with Crippen molar-refractivity contribution in [3.05, 3.63) is 78.0 Å². The SMILES string of the molecule is NCC(NC(=O)c1ccc2ccccc2n1)c1ccccc1. The van der Waals surface area contributed by atoms with Crippen LogP contribution in [0.25, 0.3) is 10.9 Å². The molecule has 4 heteroatoms. The van der Waals surface area contributed by atoms with E-state index in [-0.39, 0.29) is 11.9 Å². The second-order valence-corrected chi connectivity index (χ2v) is 5.06. The Hall–Kier alpha value is -2.72. The fourth-order valence-electron chi connectivity index (χ4n) is 2.39. The average molecular weight is 291 g/mol. The summed E-state index contributed by atoms with van der Waals surface area (Å²) in [6, 6.07) is 20.8. The van der Waals surface area contributed by atoms with Gasteiger partial charge in [0.15, 0.2) is 0 Å². The van der Waals surface area contributed by atoms with Gasteiger partial charge in [0.25, 0.3) is 5.91 Å². The number of amides is 1. The molecule has 3 aromatic rings. The first kappa shape index (κ1) is 14.2. The van der Waals surface area contributed by atoms with Crippen LogP contribution in [0.1, 0.15) is 22.1 Å². The van der Waals surface area contributed by atoms with Crippen LogP contribution in [-0.2, 0) is 0 Å². The molecule has 4 nitrogen and oxygen atoms in total. The lowest BCUT2D eigenvalue weighted by Gasteiger charge is -2.17. The second-order valence-electron chi connectivity index (χ2n) is 5.06. The van der Waals surface area contributed by atoms with Crippen molar-refractivity contribution in [1.29, 1.82) is 0 Å².